The monoisotopic (exact) mass is 380 g/mol. The number of carbonyl (C=O) groups excluding carboxylic acids is 2. The highest BCUT2D eigenvalue weighted by molar-refractivity contribution is 6.33. The van der Waals surface area contributed by atoms with Gasteiger partial charge in [0.1, 0.15) is 6.04 Å². The van der Waals surface area contributed by atoms with Crippen molar-refractivity contribution in [3.8, 4) is 0 Å². The van der Waals surface area contributed by atoms with Crippen molar-refractivity contribution in [3.63, 3.8) is 0 Å². The van der Waals surface area contributed by atoms with Crippen molar-refractivity contribution in [1.29, 1.82) is 0 Å². The fourth-order valence-corrected chi connectivity index (χ4v) is 2.30. The van der Waals surface area contributed by atoms with Gasteiger partial charge in [0, 0.05) is 0 Å². The number of halogens is 1. The molecule has 0 radical (unpaired) electrons. The van der Waals surface area contributed by atoms with Crippen LogP contribution >= 0.6 is 11.6 Å². The predicted molar refractivity (Wildman–Crippen MR) is 96.2 cm³/mol. The van der Waals surface area contributed by atoms with E-state index in [1.54, 1.807) is 20.8 Å². The van der Waals surface area contributed by atoms with Crippen LogP contribution in [0.4, 0.5) is 10.5 Å². The summed E-state index contributed by atoms with van der Waals surface area (Å²) in [5.74, 6) is 0.313. The van der Waals surface area contributed by atoms with Crippen LogP contribution in [0, 0.1) is 6.92 Å². The average Bonchev–Trinajstić information content (AvgIpc) is 3.00. The summed E-state index contributed by atoms with van der Waals surface area (Å²) in [6.45, 7) is 7.08. The van der Waals surface area contributed by atoms with E-state index in [0.717, 1.165) is 0 Å². The lowest BCUT2D eigenvalue weighted by molar-refractivity contribution is 0.0378. The van der Waals surface area contributed by atoms with Gasteiger partial charge in [0.25, 0.3) is 0 Å². The fourth-order valence-electron chi connectivity index (χ4n) is 2.14. The standard InChI is InChI=1S/C17H21ClN4O4/c1-5-13(15-19-10(4)22-26-15)20-17(24)21-14-8-11(6-7-12(14)18)16(23)25-9(2)3/h6-9,13H,5H2,1-4H3,(H2,20,21,24)/t13-/m0/s1. The molecule has 0 saturated carbocycles. The summed E-state index contributed by atoms with van der Waals surface area (Å²) >= 11 is 6.11. The Morgan fingerprint density at radius 3 is 2.65 bits per heavy atom. The minimum Gasteiger partial charge on any atom is -0.459 e. The number of carbonyl (C=O) groups is 2. The molecule has 8 nitrogen and oxygen atoms in total. The minimum absolute atomic E-state index is 0.249. The van der Waals surface area contributed by atoms with E-state index in [4.69, 9.17) is 20.9 Å². The molecule has 1 atom stereocenters. The number of aryl methyl sites for hydroxylation is 1. The van der Waals surface area contributed by atoms with Crippen molar-refractivity contribution in [3.05, 3.63) is 40.5 Å². The molecule has 0 unspecified atom stereocenters. The third-order valence-corrected chi connectivity index (χ3v) is 3.68. The van der Waals surface area contributed by atoms with Gasteiger partial charge in [0.2, 0.25) is 5.89 Å². The van der Waals surface area contributed by atoms with Crippen LogP contribution in [0.25, 0.3) is 0 Å². The first kappa shape index (κ1) is 19.7. The number of ether oxygens (including phenoxy) is 1. The van der Waals surface area contributed by atoms with Crippen molar-refractivity contribution in [1.82, 2.24) is 15.5 Å². The Labute approximate surface area is 156 Å². The van der Waals surface area contributed by atoms with Gasteiger partial charge in [-0.05, 0) is 45.4 Å². The van der Waals surface area contributed by atoms with Crippen LogP contribution in [0.2, 0.25) is 5.02 Å². The largest absolute Gasteiger partial charge is 0.459 e. The Morgan fingerprint density at radius 2 is 2.08 bits per heavy atom. The van der Waals surface area contributed by atoms with Crippen molar-refractivity contribution < 1.29 is 18.8 Å². The maximum absolute atomic E-state index is 12.3. The minimum atomic E-state index is -0.510. The quantitative estimate of drug-likeness (QED) is 0.737. The first-order valence-electron chi connectivity index (χ1n) is 8.18. The fraction of sp³-hybridized carbons (Fsp3) is 0.412. The molecule has 26 heavy (non-hydrogen) atoms. The number of esters is 1. The molecule has 0 aliphatic heterocycles. The third kappa shape index (κ3) is 5.19. The lowest BCUT2D eigenvalue weighted by Crippen LogP contribution is -2.32. The van der Waals surface area contributed by atoms with Gasteiger partial charge in [-0.25, -0.2) is 9.59 Å². The third-order valence-electron chi connectivity index (χ3n) is 3.35. The lowest BCUT2D eigenvalue weighted by Gasteiger charge is -2.15. The summed E-state index contributed by atoms with van der Waals surface area (Å²) in [7, 11) is 0. The number of nitrogens with zero attached hydrogens (tertiary/aromatic N) is 2. The molecule has 0 saturated heterocycles. The van der Waals surface area contributed by atoms with Crippen molar-refractivity contribution in [2.75, 3.05) is 5.32 Å². The van der Waals surface area contributed by atoms with Gasteiger partial charge in [-0.2, -0.15) is 4.98 Å². The van der Waals surface area contributed by atoms with Crippen molar-refractivity contribution in [2.24, 2.45) is 0 Å². The molecule has 1 heterocycles. The molecule has 0 spiro atoms. The summed E-state index contributed by atoms with van der Waals surface area (Å²) in [5, 5.41) is 9.36. The molecule has 1 aromatic heterocycles. The molecular weight excluding hydrogens is 360 g/mol. The van der Waals surface area contributed by atoms with Crippen LogP contribution < -0.4 is 10.6 Å². The second kappa shape index (κ2) is 8.66. The molecule has 9 heteroatoms. The van der Waals surface area contributed by atoms with E-state index in [1.807, 2.05) is 6.92 Å². The van der Waals surface area contributed by atoms with Crippen LogP contribution in [0.3, 0.4) is 0 Å². The molecule has 2 rings (SSSR count). The molecule has 0 fully saturated rings. The zero-order valence-corrected chi connectivity index (χ0v) is 15.8. The maximum Gasteiger partial charge on any atom is 0.338 e. The molecule has 140 valence electrons. The van der Waals surface area contributed by atoms with E-state index in [-0.39, 0.29) is 11.7 Å². The van der Waals surface area contributed by atoms with Crippen molar-refractivity contribution in [2.45, 2.75) is 46.3 Å². The predicted octanol–water partition coefficient (Wildman–Crippen LogP) is 3.87. The highest BCUT2D eigenvalue weighted by Gasteiger charge is 2.20. The topological polar surface area (TPSA) is 106 Å². The normalized spacial score (nSPS) is 11.9. The first-order chi connectivity index (χ1) is 12.3. The average molecular weight is 381 g/mol. The van der Waals surface area contributed by atoms with Gasteiger partial charge in [-0.15, -0.1) is 0 Å². The number of anilines is 1. The van der Waals surface area contributed by atoms with Gasteiger partial charge >= 0.3 is 12.0 Å². The summed E-state index contributed by atoms with van der Waals surface area (Å²) in [4.78, 5) is 28.4. The van der Waals surface area contributed by atoms with Gasteiger partial charge in [0.15, 0.2) is 5.82 Å². The van der Waals surface area contributed by atoms with Gasteiger partial charge in [0.05, 0.1) is 22.4 Å². The molecule has 0 aliphatic carbocycles. The Bertz CT molecular complexity index is 791. The summed E-state index contributed by atoms with van der Waals surface area (Å²) in [6.07, 6.45) is 0.310. The number of aromatic nitrogens is 2. The van der Waals surface area contributed by atoms with E-state index in [9.17, 15) is 9.59 Å². The Morgan fingerprint density at radius 1 is 1.35 bits per heavy atom. The van der Waals surface area contributed by atoms with Crippen LogP contribution in [0.15, 0.2) is 22.7 Å². The second-order valence-electron chi connectivity index (χ2n) is 5.89. The zero-order chi connectivity index (χ0) is 19.3. The number of amides is 2. The number of rotatable bonds is 6. The Balaban J connectivity index is 2.09. The van der Waals surface area contributed by atoms with E-state index < -0.39 is 18.0 Å². The molecule has 2 N–H and O–H groups in total. The number of hydrogen-bond acceptors (Lipinski definition) is 6. The van der Waals surface area contributed by atoms with Crippen LogP contribution in [-0.4, -0.2) is 28.2 Å². The molecule has 0 aliphatic rings. The lowest BCUT2D eigenvalue weighted by atomic mass is 10.2. The van der Waals surface area contributed by atoms with E-state index in [2.05, 4.69) is 20.8 Å². The number of benzene rings is 1. The van der Waals surface area contributed by atoms with Crippen LogP contribution in [0.1, 0.15) is 55.3 Å². The second-order valence-corrected chi connectivity index (χ2v) is 6.30. The van der Waals surface area contributed by atoms with E-state index in [1.165, 1.54) is 18.2 Å². The van der Waals surface area contributed by atoms with E-state index in [0.29, 0.717) is 28.8 Å². The molecule has 2 amide bonds. The van der Waals surface area contributed by atoms with Gasteiger partial charge in [-0.1, -0.05) is 23.7 Å². The summed E-state index contributed by atoms with van der Waals surface area (Å²) < 4.78 is 10.2. The van der Waals surface area contributed by atoms with Gasteiger partial charge < -0.3 is 19.9 Å². The molecule has 2 aromatic rings. The highest BCUT2D eigenvalue weighted by Crippen LogP contribution is 2.24. The van der Waals surface area contributed by atoms with Gasteiger partial charge in [-0.3, -0.25) is 0 Å². The van der Waals surface area contributed by atoms with Crippen LogP contribution in [0.5, 0.6) is 0 Å². The maximum atomic E-state index is 12.3. The molecule has 0 bridgehead atoms. The van der Waals surface area contributed by atoms with Crippen LogP contribution in [-0.2, 0) is 4.74 Å². The molecular formula is C17H21ClN4O4. The Hall–Kier alpha value is -2.61. The molecule has 1 aromatic carbocycles. The number of urea groups is 1. The zero-order valence-electron chi connectivity index (χ0n) is 15.0. The number of hydrogen-bond donors (Lipinski definition) is 2. The van der Waals surface area contributed by atoms with Crippen molar-refractivity contribution >= 4 is 29.3 Å². The summed E-state index contributed by atoms with van der Waals surface area (Å²) in [5.41, 5.74) is 0.580. The first-order valence-corrected chi connectivity index (χ1v) is 8.56. The smallest absolute Gasteiger partial charge is 0.338 e. The Kier molecular flexibility index (Phi) is 6.57. The van der Waals surface area contributed by atoms with E-state index >= 15 is 0 Å². The SMILES string of the molecule is CC[C@H](NC(=O)Nc1cc(C(=O)OC(C)C)ccc1Cl)c1nc(C)no1. The number of nitrogens with one attached hydrogen (secondary N) is 2. The highest BCUT2D eigenvalue weighted by atomic mass is 35.5. The summed E-state index contributed by atoms with van der Waals surface area (Å²) in [6, 6.07) is 3.57.